The number of hydrogen-bond donors (Lipinski definition) is 1. The lowest BCUT2D eigenvalue weighted by molar-refractivity contribution is 0.342. The molecule has 0 bridgehead atoms. The summed E-state index contributed by atoms with van der Waals surface area (Å²) in [5.74, 6) is 1.96. The molecule has 4 heteroatoms. The van der Waals surface area contributed by atoms with E-state index in [1.54, 1.807) is 0 Å². The molecule has 0 aliphatic rings. The number of hydrogen-bond acceptors (Lipinski definition) is 3. The molecule has 0 aliphatic heterocycles. The van der Waals surface area contributed by atoms with Gasteiger partial charge >= 0.3 is 0 Å². The lowest BCUT2D eigenvalue weighted by Crippen LogP contribution is -2.24. The number of nitrogens with one attached hydrogen (secondary N) is 1. The van der Waals surface area contributed by atoms with Crippen LogP contribution in [0.3, 0.4) is 0 Å². The number of halogens is 1. The first-order valence-electron chi connectivity index (χ1n) is 8.04. The normalized spacial score (nSPS) is 12.0. The number of nitrogens with zero attached hydrogens (tertiary/aromatic N) is 2. The minimum Gasteiger partial charge on any atom is -0.369 e. The van der Waals surface area contributed by atoms with Gasteiger partial charge in [-0.05, 0) is 18.8 Å². The maximum atomic E-state index is 6.22. The molecular weight excluding hydrogens is 282 g/mol. The minimum atomic E-state index is 0.261. The van der Waals surface area contributed by atoms with Gasteiger partial charge in [0.25, 0.3) is 0 Å². The van der Waals surface area contributed by atoms with Crippen LogP contribution in [0.4, 0.5) is 5.82 Å². The molecule has 1 aromatic heterocycles. The number of unbranched alkanes of at least 4 members (excludes halogenated alkanes) is 2. The van der Waals surface area contributed by atoms with E-state index in [4.69, 9.17) is 11.6 Å². The second-order valence-electron chi connectivity index (χ2n) is 6.98. The summed E-state index contributed by atoms with van der Waals surface area (Å²) in [6.07, 6.45) is 5.08. The maximum Gasteiger partial charge on any atom is 0.137 e. The third kappa shape index (κ3) is 5.82. The van der Waals surface area contributed by atoms with E-state index in [2.05, 4.69) is 49.9 Å². The smallest absolute Gasteiger partial charge is 0.137 e. The third-order valence-corrected chi connectivity index (χ3v) is 4.18. The van der Waals surface area contributed by atoms with E-state index in [9.17, 15) is 0 Å². The van der Waals surface area contributed by atoms with Crippen LogP contribution in [-0.2, 0) is 0 Å². The Labute approximate surface area is 134 Å². The summed E-state index contributed by atoms with van der Waals surface area (Å²) in [7, 11) is 0. The predicted molar refractivity (Wildman–Crippen MR) is 92.3 cm³/mol. The molecule has 3 nitrogen and oxygen atoms in total. The summed E-state index contributed by atoms with van der Waals surface area (Å²) >= 11 is 6.22. The van der Waals surface area contributed by atoms with Gasteiger partial charge in [-0.3, -0.25) is 0 Å². The summed E-state index contributed by atoms with van der Waals surface area (Å²) < 4.78 is 0. The molecule has 0 aliphatic carbocycles. The van der Waals surface area contributed by atoms with Crippen LogP contribution in [0.5, 0.6) is 0 Å². The summed E-state index contributed by atoms with van der Waals surface area (Å²) in [5, 5.41) is 4.04. The van der Waals surface area contributed by atoms with E-state index in [1.807, 2.05) is 6.92 Å². The highest BCUT2D eigenvalue weighted by molar-refractivity contribution is 6.30. The minimum absolute atomic E-state index is 0.261. The molecule has 0 aromatic carbocycles. The highest BCUT2D eigenvalue weighted by Gasteiger charge is 2.19. The molecule has 0 amide bonds. The highest BCUT2D eigenvalue weighted by Crippen LogP contribution is 2.27. The zero-order valence-corrected chi connectivity index (χ0v) is 15.1. The Morgan fingerprint density at radius 2 is 1.86 bits per heavy atom. The second kappa shape index (κ2) is 7.98. The Bertz CT molecular complexity index is 456. The number of aromatic nitrogens is 2. The number of anilines is 1. The molecule has 0 radical (unpaired) electrons. The van der Waals surface area contributed by atoms with Crippen LogP contribution in [0, 0.1) is 12.3 Å². The van der Waals surface area contributed by atoms with Crippen molar-refractivity contribution < 1.29 is 0 Å². The first-order chi connectivity index (χ1) is 9.76. The Hall–Kier alpha value is -0.830. The monoisotopic (exact) mass is 311 g/mol. The Kier molecular flexibility index (Phi) is 6.92. The molecule has 0 fully saturated rings. The van der Waals surface area contributed by atoms with Crippen LogP contribution in [0.15, 0.2) is 0 Å². The zero-order chi connectivity index (χ0) is 16.0. The number of rotatable bonds is 8. The standard InChI is InChI=1S/C17H30ClN3/c1-7-8-9-10-17(5,6)11-19-16-13(4)14(18)20-15(21-16)12(2)3/h12H,7-11H2,1-6H3,(H,19,20,21). The predicted octanol–water partition coefficient (Wildman–Crippen LogP) is 5.58. The van der Waals surface area contributed by atoms with Crippen molar-refractivity contribution in [2.24, 2.45) is 5.41 Å². The van der Waals surface area contributed by atoms with Gasteiger partial charge < -0.3 is 5.32 Å². The third-order valence-electron chi connectivity index (χ3n) is 3.81. The second-order valence-corrected chi connectivity index (χ2v) is 7.33. The average Bonchev–Trinajstić information content (AvgIpc) is 2.40. The van der Waals surface area contributed by atoms with Gasteiger partial charge in [0.2, 0.25) is 0 Å². The Morgan fingerprint density at radius 3 is 2.43 bits per heavy atom. The summed E-state index contributed by atoms with van der Waals surface area (Å²) in [6.45, 7) is 13.9. The van der Waals surface area contributed by atoms with Crippen LogP contribution in [0.25, 0.3) is 0 Å². The van der Waals surface area contributed by atoms with Crippen molar-refractivity contribution in [3.05, 3.63) is 16.5 Å². The SMILES string of the molecule is CCCCCC(C)(C)CNc1nc(C(C)C)nc(Cl)c1C. The molecule has 1 heterocycles. The van der Waals surface area contributed by atoms with Gasteiger partial charge in [-0.25, -0.2) is 9.97 Å². The van der Waals surface area contributed by atoms with Crippen molar-refractivity contribution in [3.8, 4) is 0 Å². The first kappa shape index (κ1) is 18.2. The van der Waals surface area contributed by atoms with Crippen LogP contribution in [0.1, 0.15) is 77.6 Å². The summed E-state index contributed by atoms with van der Waals surface area (Å²) in [5.41, 5.74) is 1.20. The van der Waals surface area contributed by atoms with Gasteiger partial charge in [0, 0.05) is 18.0 Å². The van der Waals surface area contributed by atoms with Crippen molar-refractivity contribution >= 4 is 17.4 Å². The van der Waals surface area contributed by atoms with Crippen LogP contribution in [0.2, 0.25) is 5.15 Å². The van der Waals surface area contributed by atoms with Crippen LogP contribution < -0.4 is 5.32 Å². The van der Waals surface area contributed by atoms with E-state index in [1.165, 1.54) is 25.7 Å². The summed E-state index contributed by atoms with van der Waals surface area (Å²) in [4.78, 5) is 8.98. The topological polar surface area (TPSA) is 37.8 Å². The van der Waals surface area contributed by atoms with Crippen molar-refractivity contribution in [3.63, 3.8) is 0 Å². The van der Waals surface area contributed by atoms with E-state index in [0.29, 0.717) is 5.15 Å². The largest absolute Gasteiger partial charge is 0.369 e. The maximum absolute atomic E-state index is 6.22. The van der Waals surface area contributed by atoms with Gasteiger partial charge in [-0.15, -0.1) is 0 Å². The van der Waals surface area contributed by atoms with Crippen LogP contribution in [-0.4, -0.2) is 16.5 Å². The molecule has 21 heavy (non-hydrogen) atoms. The van der Waals surface area contributed by atoms with Crippen molar-refractivity contribution in [2.75, 3.05) is 11.9 Å². The molecule has 0 unspecified atom stereocenters. The summed E-state index contributed by atoms with van der Waals surface area (Å²) in [6, 6.07) is 0. The van der Waals surface area contributed by atoms with Crippen molar-refractivity contribution in [1.29, 1.82) is 0 Å². The fraction of sp³-hybridized carbons (Fsp3) is 0.765. The van der Waals surface area contributed by atoms with E-state index < -0.39 is 0 Å². The molecular formula is C17H30ClN3. The highest BCUT2D eigenvalue weighted by atomic mass is 35.5. The lowest BCUT2D eigenvalue weighted by Gasteiger charge is -2.26. The van der Waals surface area contributed by atoms with Gasteiger partial charge in [0.05, 0.1) is 0 Å². The quantitative estimate of drug-likeness (QED) is 0.503. The Morgan fingerprint density at radius 1 is 1.19 bits per heavy atom. The van der Waals surface area contributed by atoms with E-state index in [0.717, 1.165) is 23.8 Å². The van der Waals surface area contributed by atoms with E-state index in [-0.39, 0.29) is 11.3 Å². The fourth-order valence-corrected chi connectivity index (χ4v) is 2.38. The van der Waals surface area contributed by atoms with Crippen LogP contribution >= 0.6 is 11.6 Å². The Balaban J connectivity index is 2.74. The molecule has 0 saturated carbocycles. The lowest BCUT2D eigenvalue weighted by atomic mass is 9.87. The average molecular weight is 312 g/mol. The van der Waals surface area contributed by atoms with Crippen molar-refractivity contribution in [2.45, 2.75) is 73.1 Å². The van der Waals surface area contributed by atoms with E-state index >= 15 is 0 Å². The first-order valence-corrected chi connectivity index (χ1v) is 8.42. The van der Waals surface area contributed by atoms with Gasteiger partial charge in [0.1, 0.15) is 16.8 Å². The van der Waals surface area contributed by atoms with Gasteiger partial charge in [-0.2, -0.15) is 0 Å². The fourth-order valence-electron chi connectivity index (χ4n) is 2.20. The molecule has 120 valence electrons. The molecule has 1 rings (SSSR count). The molecule has 0 atom stereocenters. The van der Waals surface area contributed by atoms with Gasteiger partial charge in [-0.1, -0.05) is 65.5 Å². The zero-order valence-electron chi connectivity index (χ0n) is 14.4. The molecule has 1 aromatic rings. The molecule has 1 N–H and O–H groups in total. The van der Waals surface area contributed by atoms with Gasteiger partial charge in [0.15, 0.2) is 0 Å². The van der Waals surface area contributed by atoms with Crippen molar-refractivity contribution in [1.82, 2.24) is 9.97 Å². The molecule has 0 saturated heterocycles. The molecule has 0 spiro atoms.